The topological polar surface area (TPSA) is 105 Å². The Morgan fingerprint density at radius 1 is 1.35 bits per heavy atom. The fourth-order valence-electron chi connectivity index (χ4n) is 1.60. The van der Waals surface area contributed by atoms with Gasteiger partial charge in [-0.05, 0) is 18.2 Å². The molecule has 0 unspecified atom stereocenters. The van der Waals surface area contributed by atoms with Gasteiger partial charge in [0.05, 0.1) is 36.0 Å². The van der Waals surface area contributed by atoms with E-state index < -0.39 is 21.6 Å². The minimum Gasteiger partial charge on any atom is -0.663 e. The third kappa shape index (κ3) is 5.64. The van der Waals surface area contributed by atoms with Gasteiger partial charge in [-0.3, -0.25) is 14.3 Å². The van der Waals surface area contributed by atoms with Gasteiger partial charge in [-0.1, -0.05) is 0 Å². The van der Waals surface area contributed by atoms with Gasteiger partial charge in [0.25, 0.3) is 15.8 Å². The fourth-order valence-corrected chi connectivity index (χ4v) is 2.90. The van der Waals surface area contributed by atoms with Crippen LogP contribution in [0.5, 0.6) is 11.5 Å². The molecule has 0 fully saturated rings. The number of rotatable bonds is 9. The Hall–Kier alpha value is -2.52. The summed E-state index contributed by atoms with van der Waals surface area (Å²) < 4.78 is 37.8. The Labute approximate surface area is 134 Å². The summed E-state index contributed by atoms with van der Waals surface area (Å²) in [5, 5.41) is 11.1. The van der Waals surface area contributed by atoms with Crippen LogP contribution in [0.3, 0.4) is 0 Å². The van der Waals surface area contributed by atoms with Gasteiger partial charge in [0.15, 0.2) is 5.75 Å². The number of ether oxygens (including phenoxy) is 2. The number of nitrogens with zero attached hydrogens (tertiary/aromatic N) is 1. The number of hydrogen-bond acceptors (Lipinski definition) is 8. The van der Waals surface area contributed by atoms with Crippen LogP contribution in [0.15, 0.2) is 12.1 Å². The van der Waals surface area contributed by atoms with E-state index in [2.05, 4.69) is 19.7 Å². The molecule has 0 aliphatic carbocycles. The summed E-state index contributed by atoms with van der Waals surface area (Å²) in [6.45, 7) is -0.473. The maximum atomic E-state index is 11.6. The van der Waals surface area contributed by atoms with E-state index in [4.69, 9.17) is 13.7 Å². The van der Waals surface area contributed by atoms with E-state index in [1.54, 1.807) is 0 Å². The van der Waals surface area contributed by atoms with E-state index >= 15 is 0 Å². The van der Waals surface area contributed by atoms with Crippen LogP contribution in [-0.4, -0.2) is 32.0 Å². The monoisotopic (exact) mass is 617 g/mol. The second kappa shape index (κ2) is 8.81. The Morgan fingerprint density at radius 3 is 2.48 bits per heavy atom. The number of methoxy groups -OCH3 is 1. The molecule has 1 aromatic rings. The summed E-state index contributed by atoms with van der Waals surface area (Å²) in [5.41, 5.74) is -0.291. The van der Waals surface area contributed by atoms with Gasteiger partial charge in [0, 0.05) is 0 Å². The zero-order valence-corrected chi connectivity index (χ0v) is 20.7. The van der Waals surface area contributed by atoms with Crippen LogP contribution >= 0.6 is 12.6 Å². The molecule has 0 bridgehead atoms. The smallest absolute Gasteiger partial charge is 0.278 e. The van der Waals surface area contributed by atoms with E-state index in [0.717, 1.165) is 6.07 Å². The third-order valence-electron chi connectivity index (χ3n) is 2.66. The standard InChI is InChI=1S/C12H16NO7S2.Rf/c1-18-11-6-9(8-20-22(16,17)5-3-4-21)10(13(14)15)7-12(11)19-2;/h6-7,21H,2-5,8H2,1H3;/q-1;. The first-order valence-corrected chi connectivity index (χ1v) is 8.31. The Morgan fingerprint density at radius 2 is 2.00 bits per heavy atom. The minimum atomic E-state index is -3.78. The largest absolute Gasteiger partial charge is 0.663 e. The van der Waals surface area contributed by atoms with Crippen LogP contribution < -0.4 is 9.47 Å². The van der Waals surface area contributed by atoms with Gasteiger partial charge in [-0.2, -0.15) is 28.2 Å². The average Bonchev–Trinajstić information content (AvgIpc) is 2.49. The first kappa shape index (κ1) is 20.5. The van der Waals surface area contributed by atoms with Gasteiger partial charge in [0.1, 0.15) is 5.75 Å². The summed E-state index contributed by atoms with van der Waals surface area (Å²) in [7, 11) is 0.746. The van der Waals surface area contributed by atoms with Crippen molar-refractivity contribution in [3.05, 3.63) is 34.9 Å². The predicted molar refractivity (Wildman–Crippen MR) is 82.7 cm³/mol. The van der Waals surface area contributed by atoms with Gasteiger partial charge in [-0.15, -0.1) is 0 Å². The Balaban J connectivity index is 0.00000484. The summed E-state index contributed by atoms with van der Waals surface area (Å²) in [6.07, 6.45) is 0.325. The van der Waals surface area contributed by atoms with Gasteiger partial charge in [0.2, 0.25) is 0 Å². The molecule has 0 atom stereocenters. The van der Waals surface area contributed by atoms with E-state index in [-0.39, 0.29) is 28.5 Å². The predicted octanol–water partition coefficient (Wildman–Crippen LogP) is 1.94. The van der Waals surface area contributed by atoms with Crippen molar-refractivity contribution in [2.24, 2.45) is 0 Å². The molecule has 23 heavy (non-hydrogen) atoms. The molecule has 0 aromatic heterocycles. The second-order valence-electron chi connectivity index (χ2n) is 4.13. The van der Waals surface area contributed by atoms with Crippen LogP contribution in [-0.2, 0) is 20.9 Å². The van der Waals surface area contributed by atoms with Crippen molar-refractivity contribution in [3.63, 3.8) is 0 Å². The molecule has 0 N–H and O–H groups in total. The van der Waals surface area contributed by atoms with Crippen molar-refractivity contribution in [2.75, 3.05) is 18.6 Å². The number of nitro benzene ring substituents is 1. The second-order valence-corrected chi connectivity index (χ2v) is 6.34. The van der Waals surface area contributed by atoms with Crippen molar-refractivity contribution in [2.45, 2.75) is 13.0 Å². The molecule has 1 aromatic carbocycles. The molecule has 8 nitrogen and oxygen atoms in total. The quantitative estimate of drug-likeness (QED) is 0.149. The normalized spacial score (nSPS) is 10.7. The molecular weight excluding hydrogens is 601 g/mol. The molecular formula is C12H16NO7RfS2-. The van der Waals surface area contributed by atoms with Crippen molar-refractivity contribution in [3.8, 4) is 11.5 Å². The van der Waals surface area contributed by atoms with Gasteiger partial charge in [-0.25, -0.2) is 0 Å². The number of benzene rings is 1. The van der Waals surface area contributed by atoms with Crippen LogP contribution in [0, 0.1) is 17.2 Å². The SMILES string of the molecule is [CH2-]Oc1cc([N+](=O)[O-])c(COS(=O)(=O)CCCS)cc1OC.[Rf]. The van der Waals surface area contributed by atoms with Crippen LogP contribution in [0.4, 0.5) is 5.69 Å². The van der Waals surface area contributed by atoms with Crippen LogP contribution in [0.1, 0.15) is 12.0 Å². The first-order chi connectivity index (χ1) is 10.3. The van der Waals surface area contributed by atoms with Crippen molar-refractivity contribution in [1.29, 1.82) is 0 Å². The molecule has 0 radical (unpaired) electrons. The zero-order chi connectivity index (χ0) is 16.8. The van der Waals surface area contributed by atoms with E-state index in [0.29, 0.717) is 12.2 Å². The molecule has 0 aliphatic rings. The number of hydrogen-bond donors (Lipinski definition) is 1. The van der Waals surface area contributed by atoms with E-state index in [9.17, 15) is 18.5 Å². The third-order valence-corrected chi connectivity index (χ3v) is 4.25. The minimum absolute atomic E-state index is 0. The average molecular weight is 617 g/mol. The Kier molecular flexibility index (Phi) is 7.84. The van der Waals surface area contributed by atoms with Gasteiger partial charge >= 0.3 is 0 Å². The molecule has 0 saturated heterocycles. The molecule has 0 heterocycles. The number of nitro groups is 1. The summed E-state index contributed by atoms with van der Waals surface area (Å²) in [4.78, 5) is 10.4. The van der Waals surface area contributed by atoms with E-state index in [1.165, 1.54) is 13.2 Å². The fraction of sp³-hybridized carbons (Fsp3) is 0.417. The molecule has 0 saturated carbocycles. The molecule has 0 aliphatic heterocycles. The number of thiol groups is 1. The first-order valence-electron chi connectivity index (χ1n) is 6.10. The van der Waals surface area contributed by atoms with Crippen LogP contribution in [0.2, 0.25) is 0 Å². The summed E-state index contributed by atoms with van der Waals surface area (Å²) in [6, 6.07) is 2.39. The zero-order valence-electron chi connectivity index (χ0n) is 12.6. The molecule has 1 rings (SSSR count). The van der Waals surface area contributed by atoms with Crippen LogP contribution in [0.25, 0.3) is 0 Å². The summed E-state index contributed by atoms with van der Waals surface area (Å²) in [5.74, 6) is 0.441. The van der Waals surface area contributed by atoms with Gasteiger partial charge < -0.3 is 9.47 Å². The molecule has 126 valence electrons. The van der Waals surface area contributed by atoms with Crippen molar-refractivity contribution in [1.82, 2.24) is 0 Å². The van der Waals surface area contributed by atoms with Crippen molar-refractivity contribution >= 4 is 28.4 Å². The maximum Gasteiger partial charge on any atom is 0.278 e. The van der Waals surface area contributed by atoms with E-state index in [1.807, 2.05) is 0 Å². The Bertz CT molecular complexity index is 637. The maximum absolute atomic E-state index is 11.6. The summed E-state index contributed by atoms with van der Waals surface area (Å²) >= 11 is 3.92. The molecule has 0 amide bonds. The molecule has 11 heteroatoms. The molecule has 0 spiro atoms. The van der Waals surface area contributed by atoms with Crippen molar-refractivity contribution < 1.29 is 27.0 Å².